The van der Waals surface area contributed by atoms with Crippen LogP contribution in [0, 0.1) is 0 Å². The van der Waals surface area contributed by atoms with Crippen molar-refractivity contribution in [1.82, 2.24) is 0 Å². The van der Waals surface area contributed by atoms with Gasteiger partial charge in [-0.25, -0.2) is 0 Å². The molecule has 0 N–H and O–H groups in total. The fraction of sp³-hybridized carbons (Fsp3) is 0.806. The standard InChI is InChI=1S/C72H132NO8P/c1-6-8-10-12-14-16-18-20-22-24-26-28-30-32-33-34-35-36-37-38-39-41-43-45-47-49-51-53-55-57-59-61-63-65-72(75)81-70(69-80-82(76,77)79-67-66-73(3,4)5)68-78-71(74)64-62-60-58-56-54-52-50-48-46-44-42-40-31-29-27-25-23-21-19-17-15-13-11-9-7-2/h8,10,14,16,20,22,25-28,32-33,70H,6-7,9,11-13,15,17-19,21,23-24,29-31,34-69H2,1-5H3/b10-8-,16-14-,22-20-,27-25-,28-26-,33-32-. The first-order valence-corrected chi connectivity index (χ1v) is 36.1. The summed E-state index contributed by atoms with van der Waals surface area (Å²) in [4.78, 5) is 38.1. The third kappa shape index (κ3) is 66.6. The minimum Gasteiger partial charge on any atom is -0.756 e. The number of likely N-dealkylation sites (N-methyl/N-ethyl adjacent to an activating group) is 1. The molecule has 0 saturated carbocycles. The van der Waals surface area contributed by atoms with Crippen molar-refractivity contribution in [2.75, 3.05) is 47.5 Å². The van der Waals surface area contributed by atoms with Gasteiger partial charge in [0.15, 0.2) is 6.10 Å². The first-order chi connectivity index (χ1) is 40.0. The van der Waals surface area contributed by atoms with Crippen LogP contribution in [0.1, 0.15) is 322 Å². The average Bonchev–Trinajstić information content (AvgIpc) is 3.46. The highest BCUT2D eigenvalue weighted by atomic mass is 31.2. The number of hydrogen-bond donors (Lipinski definition) is 0. The summed E-state index contributed by atoms with van der Waals surface area (Å²) in [5.74, 6) is -0.820. The molecule has 0 aliphatic carbocycles. The van der Waals surface area contributed by atoms with E-state index in [0.29, 0.717) is 17.4 Å². The topological polar surface area (TPSA) is 111 Å². The van der Waals surface area contributed by atoms with Gasteiger partial charge in [-0.3, -0.25) is 14.2 Å². The van der Waals surface area contributed by atoms with Crippen LogP contribution in [0.4, 0.5) is 0 Å². The number of hydrogen-bond acceptors (Lipinski definition) is 8. The Bertz CT molecular complexity index is 1610. The molecule has 0 bridgehead atoms. The van der Waals surface area contributed by atoms with E-state index in [1.807, 2.05) is 21.1 Å². The van der Waals surface area contributed by atoms with Crippen LogP contribution in [0.5, 0.6) is 0 Å². The van der Waals surface area contributed by atoms with Crippen LogP contribution in [0.2, 0.25) is 0 Å². The smallest absolute Gasteiger partial charge is 0.306 e. The lowest BCUT2D eigenvalue weighted by Gasteiger charge is -2.28. The van der Waals surface area contributed by atoms with E-state index in [2.05, 4.69) is 86.8 Å². The molecule has 0 fully saturated rings. The van der Waals surface area contributed by atoms with E-state index in [0.717, 1.165) is 70.6 Å². The quantitative estimate of drug-likeness (QED) is 0.0195. The predicted octanol–water partition coefficient (Wildman–Crippen LogP) is 21.8. The molecule has 0 spiro atoms. The van der Waals surface area contributed by atoms with Crippen molar-refractivity contribution in [3.05, 3.63) is 72.9 Å². The van der Waals surface area contributed by atoms with Crippen molar-refractivity contribution >= 4 is 19.8 Å². The van der Waals surface area contributed by atoms with Gasteiger partial charge in [-0.2, -0.15) is 0 Å². The average molecular weight is 1170 g/mol. The predicted molar refractivity (Wildman–Crippen MR) is 351 cm³/mol. The molecule has 9 nitrogen and oxygen atoms in total. The lowest BCUT2D eigenvalue weighted by Crippen LogP contribution is -2.37. The lowest BCUT2D eigenvalue weighted by molar-refractivity contribution is -0.870. The molecular formula is C72H132NO8P. The lowest BCUT2D eigenvalue weighted by atomic mass is 10.0. The van der Waals surface area contributed by atoms with Crippen molar-refractivity contribution in [2.24, 2.45) is 0 Å². The van der Waals surface area contributed by atoms with Crippen LogP contribution < -0.4 is 4.89 Å². The number of carbonyl (C=O) groups is 2. The Morgan fingerprint density at radius 3 is 1.05 bits per heavy atom. The van der Waals surface area contributed by atoms with E-state index in [1.54, 1.807) is 0 Å². The SMILES string of the molecule is CC/C=C\C/C=C\C/C=C\C/C=C\C/C=C\CCCCCCCCCCCCCCCCCCCC(=O)OC(COC(=O)CCCCCCCCCCCCCCC/C=C\CCCCCCCCCC)COP(=O)([O-])OCC[N+](C)(C)C. The Morgan fingerprint density at radius 1 is 0.390 bits per heavy atom. The van der Waals surface area contributed by atoms with Crippen molar-refractivity contribution < 1.29 is 42.1 Å². The van der Waals surface area contributed by atoms with Crippen molar-refractivity contribution in [2.45, 2.75) is 328 Å². The fourth-order valence-electron chi connectivity index (χ4n) is 9.92. The second kappa shape index (κ2) is 63.0. The van der Waals surface area contributed by atoms with Gasteiger partial charge in [0.25, 0.3) is 7.82 Å². The second-order valence-electron chi connectivity index (χ2n) is 24.5. The number of rotatable bonds is 64. The molecule has 2 atom stereocenters. The van der Waals surface area contributed by atoms with E-state index in [-0.39, 0.29) is 32.0 Å². The number of phosphoric ester groups is 1. The van der Waals surface area contributed by atoms with E-state index < -0.39 is 26.5 Å². The zero-order valence-corrected chi connectivity index (χ0v) is 55.3. The summed E-state index contributed by atoms with van der Waals surface area (Å²) in [7, 11) is 1.18. The number of ether oxygens (including phenoxy) is 2. The summed E-state index contributed by atoms with van der Waals surface area (Å²) >= 11 is 0. The van der Waals surface area contributed by atoms with Crippen LogP contribution in [0.15, 0.2) is 72.9 Å². The molecule has 10 heteroatoms. The number of unbranched alkanes of at least 4 members (excludes halogenated alkanes) is 38. The Kier molecular flexibility index (Phi) is 61.0. The van der Waals surface area contributed by atoms with Crippen molar-refractivity contribution in [3.63, 3.8) is 0 Å². The maximum Gasteiger partial charge on any atom is 0.306 e. The van der Waals surface area contributed by atoms with Gasteiger partial charge in [0.2, 0.25) is 0 Å². The van der Waals surface area contributed by atoms with Crippen LogP contribution in [-0.2, 0) is 32.7 Å². The first-order valence-electron chi connectivity index (χ1n) is 34.6. The molecule has 0 aromatic carbocycles. The first kappa shape index (κ1) is 79.5. The zero-order valence-electron chi connectivity index (χ0n) is 54.4. The Labute approximate surface area is 508 Å². The monoisotopic (exact) mass is 1170 g/mol. The summed E-state index contributed by atoms with van der Waals surface area (Å²) in [6.45, 7) is 4.17. The molecule has 0 aliphatic heterocycles. The maximum absolute atomic E-state index is 12.9. The Balaban J connectivity index is 4.02. The van der Waals surface area contributed by atoms with Gasteiger partial charge >= 0.3 is 11.9 Å². The number of allylic oxidation sites excluding steroid dienone is 12. The van der Waals surface area contributed by atoms with E-state index in [1.165, 1.54) is 218 Å². The van der Waals surface area contributed by atoms with Crippen LogP contribution in [-0.4, -0.2) is 70.0 Å². The second-order valence-corrected chi connectivity index (χ2v) is 25.9. The molecular weight excluding hydrogens is 1040 g/mol. The highest BCUT2D eigenvalue weighted by Crippen LogP contribution is 2.38. The largest absolute Gasteiger partial charge is 0.756 e. The molecule has 82 heavy (non-hydrogen) atoms. The zero-order chi connectivity index (χ0) is 59.8. The highest BCUT2D eigenvalue weighted by molar-refractivity contribution is 7.45. The van der Waals surface area contributed by atoms with Crippen molar-refractivity contribution in [1.29, 1.82) is 0 Å². The van der Waals surface area contributed by atoms with E-state index in [9.17, 15) is 19.0 Å². The van der Waals surface area contributed by atoms with Gasteiger partial charge in [-0.05, 0) is 83.5 Å². The van der Waals surface area contributed by atoms with Gasteiger partial charge < -0.3 is 27.9 Å². The number of carbonyl (C=O) groups excluding carboxylic acids is 2. The molecule has 0 aliphatic rings. The summed E-state index contributed by atoms with van der Waals surface area (Å²) in [6.07, 6.45) is 84.1. The third-order valence-corrected chi connectivity index (χ3v) is 16.2. The molecule has 478 valence electrons. The van der Waals surface area contributed by atoms with Gasteiger partial charge in [0, 0.05) is 12.8 Å². The van der Waals surface area contributed by atoms with Crippen LogP contribution in [0.25, 0.3) is 0 Å². The Hall–Kier alpha value is -2.55. The summed E-state index contributed by atoms with van der Waals surface area (Å²) < 4.78 is 34.3. The third-order valence-electron chi connectivity index (χ3n) is 15.2. The molecule has 0 aromatic rings. The molecule has 0 heterocycles. The van der Waals surface area contributed by atoms with E-state index in [4.69, 9.17) is 18.5 Å². The Morgan fingerprint density at radius 2 is 0.695 bits per heavy atom. The van der Waals surface area contributed by atoms with E-state index >= 15 is 0 Å². The molecule has 0 rings (SSSR count). The van der Waals surface area contributed by atoms with Gasteiger partial charge in [-0.15, -0.1) is 0 Å². The molecule has 0 radical (unpaired) electrons. The number of esters is 2. The van der Waals surface area contributed by atoms with Crippen LogP contribution in [0.3, 0.4) is 0 Å². The molecule has 0 saturated heterocycles. The fourth-order valence-corrected chi connectivity index (χ4v) is 10.6. The van der Waals surface area contributed by atoms with Gasteiger partial charge in [0.1, 0.15) is 19.8 Å². The number of phosphoric acid groups is 1. The normalized spacial score (nSPS) is 13.6. The minimum atomic E-state index is -4.64. The maximum atomic E-state index is 12.9. The van der Waals surface area contributed by atoms with Gasteiger partial charge in [-0.1, -0.05) is 299 Å². The number of nitrogens with zero attached hydrogens (tertiary/aromatic N) is 1. The summed E-state index contributed by atoms with van der Waals surface area (Å²) in [5, 5.41) is 0. The highest BCUT2D eigenvalue weighted by Gasteiger charge is 2.22. The molecule has 2 unspecified atom stereocenters. The van der Waals surface area contributed by atoms with Gasteiger partial charge in [0.05, 0.1) is 27.7 Å². The summed E-state index contributed by atoms with van der Waals surface area (Å²) in [5.41, 5.74) is 0. The number of quaternary nitrogens is 1. The summed E-state index contributed by atoms with van der Waals surface area (Å²) in [6, 6.07) is 0. The van der Waals surface area contributed by atoms with Crippen LogP contribution >= 0.6 is 7.82 Å². The molecule has 0 aromatic heterocycles. The van der Waals surface area contributed by atoms with Crippen molar-refractivity contribution in [3.8, 4) is 0 Å². The minimum absolute atomic E-state index is 0.0307. The molecule has 0 amide bonds.